The van der Waals surface area contributed by atoms with E-state index in [4.69, 9.17) is 19.9 Å². The SMILES string of the molecule is COCCOCCCCNc1cc(N)nc(COC)n1. The highest BCUT2D eigenvalue weighted by Crippen LogP contribution is 2.09. The van der Waals surface area contributed by atoms with E-state index < -0.39 is 0 Å². The third-order valence-corrected chi connectivity index (χ3v) is 2.52. The monoisotopic (exact) mass is 284 g/mol. The maximum Gasteiger partial charge on any atom is 0.158 e. The Hall–Kier alpha value is -1.44. The standard InChI is InChI=1S/C13H24N4O3/c1-18-7-8-20-6-4-3-5-15-12-9-11(14)16-13(17-12)10-19-2/h9H,3-8,10H2,1-2H3,(H3,14,15,16,17). The Balaban J connectivity index is 2.18. The third kappa shape index (κ3) is 7.22. The van der Waals surface area contributed by atoms with Crippen molar-refractivity contribution in [3.63, 3.8) is 0 Å². The number of methoxy groups -OCH3 is 2. The summed E-state index contributed by atoms with van der Waals surface area (Å²) in [4.78, 5) is 8.39. The van der Waals surface area contributed by atoms with E-state index in [2.05, 4.69) is 15.3 Å². The molecule has 3 N–H and O–H groups in total. The number of rotatable bonds is 11. The molecule has 0 unspecified atom stereocenters. The zero-order valence-corrected chi connectivity index (χ0v) is 12.2. The number of ether oxygens (including phenoxy) is 3. The minimum Gasteiger partial charge on any atom is -0.384 e. The van der Waals surface area contributed by atoms with Gasteiger partial charge in [0.2, 0.25) is 0 Å². The van der Waals surface area contributed by atoms with Crippen LogP contribution in [0.25, 0.3) is 0 Å². The molecule has 0 spiro atoms. The summed E-state index contributed by atoms with van der Waals surface area (Å²) >= 11 is 0. The van der Waals surface area contributed by atoms with Gasteiger partial charge in [0.1, 0.15) is 18.2 Å². The molecule has 0 radical (unpaired) electrons. The molecule has 0 amide bonds. The first-order chi connectivity index (χ1) is 9.76. The Morgan fingerprint density at radius 1 is 1.10 bits per heavy atom. The number of nitrogens with zero attached hydrogens (tertiary/aromatic N) is 2. The van der Waals surface area contributed by atoms with Crippen molar-refractivity contribution in [1.29, 1.82) is 0 Å². The fourth-order valence-corrected chi connectivity index (χ4v) is 1.59. The van der Waals surface area contributed by atoms with Crippen LogP contribution in [0.2, 0.25) is 0 Å². The van der Waals surface area contributed by atoms with Crippen LogP contribution in [0.3, 0.4) is 0 Å². The average molecular weight is 284 g/mol. The Kier molecular flexibility index (Phi) is 8.61. The van der Waals surface area contributed by atoms with Crippen molar-refractivity contribution in [2.24, 2.45) is 0 Å². The minimum atomic E-state index is 0.354. The summed E-state index contributed by atoms with van der Waals surface area (Å²) in [5, 5.41) is 3.22. The largest absolute Gasteiger partial charge is 0.384 e. The van der Waals surface area contributed by atoms with E-state index in [1.807, 2.05) is 0 Å². The molecular formula is C13H24N4O3. The zero-order valence-electron chi connectivity index (χ0n) is 12.2. The van der Waals surface area contributed by atoms with Crippen molar-refractivity contribution in [1.82, 2.24) is 9.97 Å². The van der Waals surface area contributed by atoms with Gasteiger partial charge in [-0.1, -0.05) is 0 Å². The second-order valence-corrected chi connectivity index (χ2v) is 4.27. The van der Waals surface area contributed by atoms with Gasteiger partial charge < -0.3 is 25.3 Å². The first-order valence-electron chi connectivity index (χ1n) is 6.69. The van der Waals surface area contributed by atoms with E-state index in [9.17, 15) is 0 Å². The number of nitrogens with one attached hydrogen (secondary N) is 1. The second-order valence-electron chi connectivity index (χ2n) is 4.27. The van der Waals surface area contributed by atoms with Gasteiger partial charge in [-0.25, -0.2) is 9.97 Å². The molecule has 1 aromatic heterocycles. The zero-order chi connectivity index (χ0) is 14.6. The van der Waals surface area contributed by atoms with E-state index in [1.165, 1.54) is 0 Å². The van der Waals surface area contributed by atoms with Gasteiger partial charge in [0.05, 0.1) is 13.2 Å². The second kappa shape index (κ2) is 10.4. The van der Waals surface area contributed by atoms with E-state index in [-0.39, 0.29) is 0 Å². The van der Waals surface area contributed by atoms with Crippen molar-refractivity contribution in [3.05, 3.63) is 11.9 Å². The number of nitrogens with two attached hydrogens (primary N) is 1. The van der Waals surface area contributed by atoms with Crippen LogP contribution in [0.1, 0.15) is 18.7 Å². The Morgan fingerprint density at radius 2 is 1.95 bits per heavy atom. The van der Waals surface area contributed by atoms with Gasteiger partial charge in [0.15, 0.2) is 5.82 Å². The highest BCUT2D eigenvalue weighted by Gasteiger charge is 2.02. The molecule has 0 aliphatic heterocycles. The normalized spacial score (nSPS) is 10.7. The minimum absolute atomic E-state index is 0.354. The highest BCUT2D eigenvalue weighted by atomic mass is 16.5. The maximum atomic E-state index is 5.71. The molecule has 0 aliphatic carbocycles. The summed E-state index contributed by atoms with van der Waals surface area (Å²) in [7, 11) is 3.27. The topological polar surface area (TPSA) is 91.5 Å². The summed E-state index contributed by atoms with van der Waals surface area (Å²) in [5.74, 6) is 1.75. The number of nitrogen functional groups attached to an aromatic ring is 1. The van der Waals surface area contributed by atoms with Crippen molar-refractivity contribution in [2.75, 3.05) is 51.6 Å². The van der Waals surface area contributed by atoms with E-state index in [1.54, 1.807) is 20.3 Å². The van der Waals surface area contributed by atoms with Crippen LogP contribution in [0, 0.1) is 0 Å². The van der Waals surface area contributed by atoms with Crippen LogP contribution in [-0.2, 0) is 20.8 Å². The van der Waals surface area contributed by atoms with Crippen molar-refractivity contribution in [3.8, 4) is 0 Å². The van der Waals surface area contributed by atoms with E-state index >= 15 is 0 Å². The van der Waals surface area contributed by atoms with Crippen molar-refractivity contribution < 1.29 is 14.2 Å². The van der Waals surface area contributed by atoms with Gasteiger partial charge in [0.25, 0.3) is 0 Å². The summed E-state index contributed by atoms with van der Waals surface area (Å²) in [5.41, 5.74) is 5.71. The molecule has 7 nitrogen and oxygen atoms in total. The fourth-order valence-electron chi connectivity index (χ4n) is 1.59. The van der Waals surface area contributed by atoms with Gasteiger partial charge in [-0.15, -0.1) is 0 Å². The molecule has 114 valence electrons. The van der Waals surface area contributed by atoms with Crippen LogP contribution in [0.15, 0.2) is 6.07 Å². The lowest BCUT2D eigenvalue weighted by Gasteiger charge is -2.08. The van der Waals surface area contributed by atoms with Gasteiger partial charge >= 0.3 is 0 Å². The number of aromatic nitrogens is 2. The van der Waals surface area contributed by atoms with Crippen LogP contribution in [0.5, 0.6) is 0 Å². The predicted octanol–water partition coefficient (Wildman–Crippen LogP) is 1.06. The molecule has 0 bridgehead atoms. The number of unbranched alkanes of at least 4 members (excludes halogenated alkanes) is 1. The van der Waals surface area contributed by atoms with E-state index in [0.29, 0.717) is 31.5 Å². The molecule has 1 rings (SSSR count). The van der Waals surface area contributed by atoms with Crippen LogP contribution in [-0.4, -0.2) is 50.6 Å². The highest BCUT2D eigenvalue weighted by molar-refractivity contribution is 5.44. The molecule has 20 heavy (non-hydrogen) atoms. The molecule has 0 saturated carbocycles. The van der Waals surface area contributed by atoms with Crippen LogP contribution < -0.4 is 11.1 Å². The number of hydrogen-bond donors (Lipinski definition) is 2. The number of hydrogen-bond acceptors (Lipinski definition) is 7. The van der Waals surface area contributed by atoms with Crippen molar-refractivity contribution in [2.45, 2.75) is 19.4 Å². The molecular weight excluding hydrogens is 260 g/mol. The molecule has 0 atom stereocenters. The lowest BCUT2D eigenvalue weighted by molar-refractivity contribution is 0.0691. The quantitative estimate of drug-likeness (QED) is 0.587. The first kappa shape index (κ1) is 16.6. The lowest BCUT2D eigenvalue weighted by Crippen LogP contribution is -2.09. The number of anilines is 2. The molecule has 1 heterocycles. The molecule has 0 aliphatic rings. The smallest absolute Gasteiger partial charge is 0.158 e. The predicted molar refractivity (Wildman–Crippen MR) is 77.6 cm³/mol. The lowest BCUT2D eigenvalue weighted by atomic mass is 10.3. The first-order valence-corrected chi connectivity index (χ1v) is 6.69. The summed E-state index contributed by atoms with van der Waals surface area (Å²) in [6.45, 7) is 3.20. The third-order valence-electron chi connectivity index (χ3n) is 2.52. The van der Waals surface area contributed by atoms with Gasteiger partial charge in [-0.05, 0) is 12.8 Å². The Labute approximate surface area is 119 Å². The van der Waals surface area contributed by atoms with E-state index in [0.717, 1.165) is 31.8 Å². The fraction of sp³-hybridized carbons (Fsp3) is 0.692. The molecule has 7 heteroatoms. The van der Waals surface area contributed by atoms with Gasteiger partial charge in [-0.3, -0.25) is 0 Å². The summed E-state index contributed by atoms with van der Waals surface area (Å²) in [6.07, 6.45) is 1.98. The summed E-state index contributed by atoms with van der Waals surface area (Å²) in [6, 6.07) is 1.72. The van der Waals surface area contributed by atoms with Crippen LogP contribution in [0.4, 0.5) is 11.6 Å². The Bertz CT molecular complexity index is 377. The molecule has 1 aromatic rings. The Morgan fingerprint density at radius 3 is 2.70 bits per heavy atom. The average Bonchev–Trinajstić information content (AvgIpc) is 2.41. The van der Waals surface area contributed by atoms with Crippen molar-refractivity contribution >= 4 is 11.6 Å². The molecule has 0 saturated heterocycles. The van der Waals surface area contributed by atoms with Crippen LogP contribution >= 0.6 is 0 Å². The van der Waals surface area contributed by atoms with Gasteiger partial charge in [-0.2, -0.15) is 0 Å². The molecule has 0 fully saturated rings. The maximum absolute atomic E-state index is 5.71. The molecule has 0 aromatic carbocycles. The summed E-state index contributed by atoms with van der Waals surface area (Å²) < 4.78 is 15.3. The van der Waals surface area contributed by atoms with Gasteiger partial charge in [0, 0.05) is 33.4 Å².